The Bertz CT molecular complexity index is 312. The topological polar surface area (TPSA) is 112 Å². The molecule has 1 aromatic rings. The van der Waals surface area contributed by atoms with Crippen LogP contribution in [0, 0.1) is 0 Å². The van der Waals surface area contributed by atoms with Gasteiger partial charge in [0.05, 0.1) is 0 Å². The molecule has 0 fully saturated rings. The van der Waals surface area contributed by atoms with Gasteiger partial charge in [0, 0.05) is 0 Å². The Morgan fingerprint density at radius 1 is 1.38 bits per heavy atom. The van der Waals surface area contributed by atoms with Crippen LogP contribution in [0.4, 0.5) is 0 Å². The van der Waals surface area contributed by atoms with Gasteiger partial charge >= 0.3 is 124 Å². The number of aliphatic carboxylic acids is 1. The summed E-state index contributed by atoms with van der Waals surface area (Å²) in [6.07, 6.45) is 0. The fourth-order valence-electron chi connectivity index (χ4n) is 0.782. The summed E-state index contributed by atoms with van der Waals surface area (Å²) in [4.78, 5) is 11.0. The smallest absolute Gasteiger partial charge is 1.00 e. The molecule has 0 heterocycles. The van der Waals surface area contributed by atoms with Crippen molar-refractivity contribution in [3.63, 3.8) is 0 Å². The molecule has 0 amide bonds. The third-order valence-corrected chi connectivity index (χ3v) is 2.88. The van der Waals surface area contributed by atoms with E-state index in [-0.39, 0.29) is 46.3 Å². The van der Waals surface area contributed by atoms with Crippen molar-refractivity contribution in [2.75, 3.05) is 5.75 Å². The Balaban J connectivity index is -0.000000563. The molecule has 0 atom stereocenters. The Hall–Kier alpha value is 0.578. The summed E-state index contributed by atoms with van der Waals surface area (Å²) in [7, 11) is 0. The van der Waals surface area contributed by atoms with Gasteiger partial charge in [0.2, 0.25) is 0 Å². The van der Waals surface area contributed by atoms with E-state index < -0.39 is 5.97 Å². The van der Waals surface area contributed by atoms with Gasteiger partial charge in [-0.15, -0.1) is 0 Å². The van der Waals surface area contributed by atoms with E-state index in [2.05, 4.69) is 0 Å². The molecular formula is C8H10NaO5SSb. The number of carboxylic acid groups (broad SMARTS) is 1. The van der Waals surface area contributed by atoms with E-state index in [9.17, 15) is 9.90 Å². The average molecular weight is 363 g/mol. The number of hydrogen-bond donors (Lipinski definition) is 0. The van der Waals surface area contributed by atoms with Gasteiger partial charge in [-0.1, -0.05) is 0 Å². The van der Waals surface area contributed by atoms with Crippen LogP contribution in [0.15, 0.2) is 29.2 Å². The SMILES string of the molecule is O.O.O=C([O-])CSc1ccccc1[O][Sb].[Na+]. The second kappa shape index (κ2) is 12.0. The van der Waals surface area contributed by atoms with Gasteiger partial charge in [-0.2, -0.15) is 0 Å². The number of rotatable bonds is 4. The minimum atomic E-state index is -1.07. The summed E-state index contributed by atoms with van der Waals surface area (Å²) in [5.74, 6) is -0.408. The van der Waals surface area contributed by atoms with Crippen molar-refractivity contribution in [2.24, 2.45) is 0 Å². The van der Waals surface area contributed by atoms with Crippen LogP contribution in [-0.4, -0.2) is 46.1 Å². The fourth-order valence-corrected chi connectivity index (χ4v) is 2.12. The van der Waals surface area contributed by atoms with E-state index in [1.807, 2.05) is 18.2 Å². The number of thioether (sulfide) groups is 1. The molecule has 8 heteroatoms. The number of carbonyl (C=O) groups excluding carboxylic acids is 1. The van der Waals surface area contributed by atoms with Crippen LogP contribution in [0.25, 0.3) is 0 Å². The van der Waals surface area contributed by atoms with E-state index in [0.717, 1.165) is 4.90 Å². The van der Waals surface area contributed by atoms with Crippen molar-refractivity contribution in [3.8, 4) is 5.75 Å². The van der Waals surface area contributed by atoms with Crippen molar-refractivity contribution >= 4 is 41.2 Å². The second-order valence-electron chi connectivity index (χ2n) is 2.20. The van der Waals surface area contributed by atoms with Crippen molar-refractivity contribution in [1.29, 1.82) is 0 Å². The number of carbonyl (C=O) groups is 1. The summed E-state index contributed by atoms with van der Waals surface area (Å²) in [5.41, 5.74) is 0. The van der Waals surface area contributed by atoms with Crippen molar-refractivity contribution < 1.29 is 53.4 Å². The summed E-state index contributed by atoms with van der Waals surface area (Å²) >= 11 is 2.41. The maximum Gasteiger partial charge on any atom is 1.00 e. The van der Waals surface area contributed by atoms with E-state index >= 15 is 0 Å². The molecule has 0 saturated heterocycles. The number of benzene rings is 1. The Kier molecular flexibility index (Phi) is 16.4. The van der Waals surface area contributed by atoms with E-state index in [4.69, 9.17) is 3.02 Å². The van der Waals surface area contributed by atoms with Gasteiger partial charge in [0.15, 0.2) is 0 Å². The van der Waals surface area contributed by atoms with Gasteiger partial charge in [-0.3, -0.25) is 0 Å². The molecule has 1 rings (SSSR count). The van der Waals surface area contributed by atoms with Gasteiger partial charge < -0.3 is 11.0 Å². The maximum absolute atomic E-state index is 10.2. The number of para-hydroxylation sites is 1. The van der Waals surface area contributed by atoms with Crippen LogP contribution in [0.3, 0.4) is 0 Å². The molecule has 0 bridgehead atoms. The van der Waals surface area contributed by atoms with Crippen molar-refractivity contribution in [1.82, 2.24) is 0 Å². The van der Waals surface area contributed by atoms with Crippen LogP contribution in [0.1, 0.15) is 0 Å². The molecule has 0 aromatic heterocycles. The maximum atomic E-state index is 10.2. The molecule has 0 saturated carbocycles. The predicted molar refractivity (Wildman–Crippen MR) is 55.8 cm³/mol. The quantitative estimate of drug-likeness (QED) is 0.396. The minimum absolute atomic E-state index is 0. The zero-order valence-electron chi connectivity index (χ0n) is 8.60. The molecule has 2 radical (unpaired) electrons. The first kappa shape index (κ1) is 21.8. The molecule has 84 valence electrons. The predicted octanol–water partition coefficient (Wildman–Crippen LogP) is -4.65. The molecule has 0 spiro atoms. The summed E-state index contributed by atoms with van der Waals surface area (Å²) in [5, 5.41) is 10.2. The van der Waals surface area contributed by atoms with Crippen molar-refractivity contribution in [2.45, 2.75) is 4.90 Å². The molecule has 0 aliphatic carbocycles. The second-order valence-corrected chi connectivity index (χ2v) is 3.74. The van der Waals surface area contributed by atoms with Crippen LogP contribution in [-0.2, 0) is 4.79 Å². The molecular weight excluding hydrogens is 353 g/mol. The molecule has 0 aliphatic rings. The first-order valence-corrected chi connectivity index (χ1v) is 5.50. The zero-order valence-corrected chi connectivity index (χ0v) is 14.0. The first-order chi connectivity index (χ1) is 6.24. The number of hydrogen-bond acceptors (Lipinski definition) is 4. The monoisotopic (exact) mass is 362 g/mol. The largest absolute Gasteiger partial charge is 1.00 e. The Morgan fingerprint density at radius 2 is 1.94 bits per heavy atom. The average Bonchev–Trinajstić information content (AvgIpc) is 2.15. The van der Waals surface area contributed by atoms with E-state index in [1.165, 1.54) is 35.2 Å². The van der Waals surface area contributed by atoms with Gasteiger partial charge in [0.1, 0.15) is 0 Å². The zero-order chi connectivity index (χ0) is 9.68. The third kappa shape index (κ3) is 7.79. The van der Waals surface area contributed by atoms with Gasteiger partial charge in [0.25, 0.3) is 0 Å². The number of carboxylic acids is 1. The third-order valence-electron chi connectivity index (χ3n) is 1.29. The minimum Gasteiger partial charge on any atom is 1.00 e. The van der Waals surface area contributed by atoms with Crippen LogP contribution in [0.5, 0.6) is 5.75 Å². The fraction of sp³-hybridized carbons (Fsp3) is 0.125. The Labute approximate surface area is 134 Å². The molecule has 4 N–H and O–H groups in total. The molecule has 5 nitrogen and oxygen atoms in total. The summed E-state index contributed by atoms with van der Waals surface area (Å²) < 4.78 is 5.09. The molecule has 0 unspecified atom stereocenters. The van der Waals surface area contributed by atoms with Gasteiger partial charge in [-0.05, 0) is 0 Å². The summed E-state index contributed by atoms with van der Waals surface area (Å²) in [6.45, 7) is 0. The molecule has 16 heavy (non-hydrogen) atoms. The normalized spacial score (nSPS) is 7.81. The van der Waals surface area contributed by atoms with E-state index in [1.54, 1.807) is 6.07 Å². The standard InChI is InChI=1S/C8H8O3S.Na.2H2O.Sb/c9-6-3-1-2-4-7(6)12-5-8(10)11;;;;/h1-4,9H,5H2,(H,10,11);;2*1H2;/q;+1;;;+1/p-2. The van der Waals surface area contributed by atoms with Gasteiger partial charge in [-0.25, -0.2) is 0 Å². The molecule has 1 aromatic carbocycles. The van der Waals surface area contributed by atoms with Crippen LogP contribution in [0.2, 0.25) is 0 Å². The summed E-state index contributed by atoms with van der Waals surface area (Å²) in [6, 6.07) is 7.30. The van der Waals surface area contributed by atoms with E-state index in [0.29, 0.717) is 5.75 Å². The first-order valence-electron chi connectivity index (χ1n) is 3.47. The Morgan fingerprint density at radius 3 is 2.44 bits per heavy atom. The molecule has 0 aliphatic heterocycles. The van der Waals surface area contributed by atoms with Crippen molar-refractivity contribution in [3.05, 3.63) is 24.3 Å². The van der Waals surface area contributed by atoms with Crippen LogP contribution < -0.4 is 37.7 Å². The van der Waals surface area contributed by atoms with Crippen LogP contribution >= 0.6 is 11.8 Å².